The smallest absolute Gasteiger partial charge is 0.394 e. The maximum atomic E-state index is 10.3. The molecule has 0 aromatic rings. The van der Waals surface area contributed by atoms with Gasteiger partial charge in [0.2, 0.25) is 0 Å². The van der Waals surface area contributed by atoms with Crippen molar-refractivity contribution in [3.63, 3.8) is 0 Å². The second-order valence-corrected chi connectivity index (χ2v) is 3.48. The van der Waals surface area contributed by atoms with Crippen molar-refractivity contribution >= 4 is 7.82 Å². The van der Waals surface area contributed by atoms with E-state index in [1.807, 2.05) is 0 Å². The third-order valence-electron chi connectivity index (χ3n) is 1.29. The van der Waals surface area contributed by atoms with Gasteiger partial charge in [-0.15, -0.1) is 0 Å². The van der Waals surface area contributed by atoms with E-state index < -0.39 is 26.6 Å². The van der Waals surface area contributed by atoms with E-state index in [4.69, 9.17) is 20.0 Å². The first-order chi connectivity index (χ1) is 5.40. The Balaban J connectivity index is 4.09. The van der Waals surface area contributed by atoms with E-state index in [1.165, 1.54) is 0 Å². The lowest BCUT2D eigenvalue weighted by atomic mass is 10.2. The van der Waals surface area contributed by atoms with Gasteiger partial charge in [0, 0.05) is 0 Å². The molecule has 0 heterocycles. The van der Waals surface area contributed by atoms with Gasteiger partial charge < -0.3 is 20.0 Å². The molecule has 0 rings (SSSR count). The molecule has 7 heteroatoms. The van der Waals surface area contributed by atoms with E-state index in [2.05, 4.69) is 4.52 Å². The monoisotopic (exact) mass is 200 g/mol. The zero-order chi connectivity index (χ0) is 9.78. The molecule has 0 unspecified atom stereocenters. The Labute approximate surface area is 70.0 Å². The molecule has 0 saturated carbocycles. The second-order valence-electron chi connectivity index (χ2n) is 2.29. The summed E-state index contributed by atoms with van der Waals surface area (Å²) in [5.41, 5.74) is 0. The first-order valence-corrected chi connectivity index (χ1v) is 4.96. The lowest BCUT2D eigenvalue weighted by Crippen LogP contribution is -2.30. The standard InChI is InChI=1S/C5H13O6P/c1-2-5(4(7)3-6)11-12(8,9)10/h4-7H,2-3H2,1H3,(H2,8,9,10)/t4-,5+/m1/s1. The van der Waals surface area contributed by atoms with Crippen LogP contribution in [-0.4, -0.2) is 38.8 Å². The zero-order valence-electron chi connectivity index (χ0n) is 6.62. The number of aliphatic hydroxyl groups excluding tert-OH is 2. The molecule has 0 aliphatic heterocycles. The number of phosphoric acid groups is 1. The highest BCUT2D eigenvalue weighted by Gasteiger charge is 2.26. The molecule has 0 aromatic heterocycles. The van der Waals surface area contributed by atoms with Gasteiger partial charge in [0.15, 0.2) is 0 Å². The summed E-state index contributed by atoms with van der Waals surface area (Å²) in [6, 6.07) is 0. The Morgan fingerprint density at radius 1 is 1.50 bits per heavy atom. The van der Waals surface area contributed by atoms with Crippen LogP contribution in [0, 0.1) is 0 Å². The van der Waals surface area contributed by atoms with Gasteiger partial charge in [-0.25, -0.2) is 4.57 Å². The number of hydrogen-bond acceptors (Lipinski definition) is 4. The maximum Gasteiger partial charge on any atom is 0.469 e. The zero-order valence-corrected chi connectivity index (χ0v) is 7.52. The Morgan fingerprint density at radius 2 is 2.00 bits per heavy atom. The van der Waals surface area contributed by atoms with Gasteiger partial charge in [-0.05, 0) is 6.42 Å². The van der Waals surface area contributed by atoms with Crippen molar-refractivity contribution in [1.82, 2.24) is 0 Å². The van der Waals surface area contributed by atoms with Gasteiger partial charge in [0.1, 0.15) is 6.10 Å². The molecule has 0 fully saturated rings. The summed E-state index contributed by atoms with van der Waals surface area (Å²) in [4.78, 5) is 16.7. The predicted molar refractivity (Wildman–Crippen MR) is 40.3 cm³/mol. The molecule has 0 spiro atoms. The van der Waals surface area contributed by atoms with Gasteiger partial charge in [0.05, 0.1) is 12.7 Å². The number of rotatable bonds is 5. The fourth-order valence-corrected chi connectivity index (χ4v) is 1.35. The topological polar surface area (TPSA) is 107 Å². The number of phosphoric ester groups is 1. The fraction of sp³-hybridized carbons (Fsp3) is 1.00. The lowest BCUT2D eigenvalue weighted by Gasteiger charge is -2.20. The van der Waals surface area contributed by atoms with Crippen molar-refractivity contribution in [2.45, 2.75) is 25.6 Å². The highest BCUT2D eigenvalue weighted by molar-refractivity contribution is 7.46. The third kappa shape index (κ3) is 4.82. The molecule has 0 bridgehead atoms. The molecule has 74 valence electrons. The lowest BCUT2D eigenvalue weighted by molar-refractivity contribution is -0.0147. The van der Waals surface area contributed by atoms with Crippen LogP contribution in [0.4, 0.5) is 0 Å². The molecule has 0 amide bonds. The van der Waals surface area contributed by atoms with Gasteiger partial charge in [-0.3, -0.25) is 4.52 Å². The molecule has 2 atom stereocenters. The van der Waals surface area contributed by atoms with Crippen molar-refractivity contribution in [2.24, 2.45) is 0 Å². The van der Waals surface area contributed by atoms with Gasteiger partial charge in [0.25, 0.3) is 0 Å². The van der Waals surface area contributed by atoms with Crippen molar-refractivity contribution in [1.29, 1.82) is 0 Å². The maximum absolute atomic E-state index is 10.3. The van der Waals surface area contributed by atoms with Gasteiger partial charge in [-0.1, -0.05) is 6.92 Å². The van der Waals surface area contributed by atoms with Crippen LogP contribution < -0.4 is 0 Å². The molecular formula is C5H13O6P. The average molecular weight is 200 g/mol. The van der Waals surface area contributed by atoms with Crippen LogP contribution in [0.5, 0.6) is 0 Å². The molecule has 0 radical (unpaired) electrons. The fourth-order valence-electron chi connectivity index (χ4n) is 0.711. The van der Waals surface area contributed by atoms with Crippen LogP contribution in [0.3, 0.4) is 0 Å². The Hall–Kier alpha value is 0.0300. The predicted octanol–water partition coefficient (Wildman–Crippen LogP) is -0.772. The van der Waals surface area contributed by atoms with Crippen molar-refractivity contribution in [3.05, 3.63) is 0 Å². The largest absolute Gasteiger partial charge is 0.469 e. The van der Waals surface area contributed by atoms with Crippen molar-refractivity contribution in [3.8, 4) is 0 Å². The van der Waals surface area contributed by atoms with Gasteiger partial charge >= 0.3 is 7.82 Å². The Kier molecular flexibility index (Phi) is 4.92. The first kappa shape index (κ1) is 12.0. The minimum atomic E-state index is -4.58. The number of aliphatic hydroxyl groups is 2. The van der Waals surface area contributed by atoms with E-state index in [0.29, 0.717) is 0 Å². The summed E-state index contributed by atoms with van der Waals surface area (Å²) in [6.07, 6.45) is -2.08. The van der Waals surface area contributed by atoms with E-state index in [0.717, 1.165) is 0 Å². The van der Waals surface area contributed by atoms with E-state index in [1.54, 1.807) is 6.92 Å². The summed E-state index contributed by atoms with van der Waals surface area (Å²) < 4.78 is 14.5. The summed E-state index contributed by atoms with van der Waals surface area (Å²) in [5, 5.41) is 17.4. The molecule has 6 nitrogen and oxygen atoms in total. The number of hydrogen-bond donors (Lipinski definition) is 4. The minimum Gasteiger partial charge on any atom is -0.394 e. The quantitative estimate of drug-likeness (QED) is 0.434. The summed E-state index contributed by atoms with van der Waals surface area (Å²) >= 11 is 0. The minimum absolute atomic E-state index is 0.215. The molecule has 4 N–H and O–H groups in total. The van der Waals surface area contributed by atoms with E-state index in [9.17, 15) is 4.57 Å². The molecular weight excluding hydrogens is 187 g/mol. The Morgan fingerprint density at radius 3 is 2.25 bits per heavy atom. The van der Waals surface area contributed by atoms with Crippen LogP contribution in [0.1, 0.15) is 13.3 Å². The SMILES string of the molecule is CC[C@H](OP(=O)(O)O)[C@H](O)CO. The van der Waals surface area contributed by atoms with Crippen molar-refractivity contribution < 1.29 is 29.1 Å². The van der Waals surface area contributed by atoms with Gasteiger partial charge in [-0.2, -0.15) is 0 Å². The van der Waals surface area contributed by atoms with Crippen LogP contribution >= 0.6 is 7.82 Å². The summed E-state index contributed by atoms with van der Waals surface area (Å²) in [6.45, 7) is 0.998. The van der Waals surface area contributed by atoms with E-state index in [-0.39, 0.29) is 6.42 Å². The highest BCUT2D eigenvalue weighted by Crippen LogP contribution is 2.38. The molecule has 0 aromatic carbocycles. The first-order valence-electron chi connectivity index (χ1n) is 3.43. The van der Waals surface area contributed by atoms with Crippen LogP contribution in [0.2, 0.25) is 0 Å². The summed E-state index contributed by atoms with van der Waals surface area (Å²) in [7, 11) is -4.58. The van der Waals surface area contributed by atoms with Crippen LogP contribution in [0.25, 0.3) is 0 Å². The average Bonchev–Trinajstić information content (AvgIpc) is 1.97. The van der Waals surface area contributed by atoms with Crippen LogP contribution in [0.15, 0.2) is 0 Å². The summed E-state index contributed by atoms with van der Waals surface area (Å²) in [5.74, 6) is 0. The molecule has 0 aliphatic carbocycles. The third-order valence-corrected chi connectivity index (χ3v) is 1.84. The molecule has 0 aliphatic rings. The van der Waals surface area contributed by atoms with Crippen molar-refractivity contribution in [2.75, 3.05) is 6.61 Å². The molecule has 0 saturated heterocycles. The highest BCUT2D eigenvalue weighted by atomic mass is 31.2. The van der Waals surface area contributed by atoms with Crippen LogP contribution in [-0.2, 0) is 9.09 Å². The van der Waals surface area contributed by atoms with E-state index >= 15 is 0 Å². The second kappa shape index (κ2) is 4.91. The Bertz CT molecular complexity index is 165. The normalized spacial score (nSPS) is 17.4. The molecule has 12 heavy (non-hydrogen) atoms.